The molecule has 2 aliphatic heterocycles. The lowest BCUT2D eigenvalue weighted by Gasteiger charge is -2.49. The Morgan fingerprint density at radius 3 is 2.94 bits per heavy atom. The Bertz CT molecular complexity index is 1450. The smallest absolute Gasteiger partial charge is 0.352 e. The topological polar surface area (TPSA) is 180 Å². The lowest BCUT2D eigenvalue weighted by atomic mass is 10.0. The van der Waals surface area contributed by atoms with E-state index in [1.807, 2.05) is 19.2 Å². The third kappa shape index (κ3) is 4.15. The molecule has 0 bridgehead atoms. The molecular formula is C21H21N8O5S2+. The van der Waals surface area contributed by atoms with Crippen molar-refractivity contribution >= 4 is 57.4 Å². The number of aromatic amines is 1. The number of β-lactam (4-membered cyclic amide) rings is 1. The number of hydrogen-bond acceptors (Lipinski definition) is 10. The first-order valence-electron chi connectivity index (χ1n) is 10.7. The minimum atomic E-state index is -1.22. The number of nitrogen functional groups attached to an aromatic ring is 1. The number of thiazole rings is 1. The fourth-order valence-corrected chi connectivity index (χ4v) is 6.28. The Morgan fingerprint density at radius 1 is 1.44 bits per heavy atom. The highest BCUT2D eigenvalue weighted by atomic mass is 32.2. The van der Waals surface area contributed by atoms with Crippen LogP contribution in [0.4, 0.5) is 5.13 Å². The van der Waals surface area contributed by atoms with Crippen LogP contribution in [-0.4, -0.2) is 72.3 Å². The van der Waals surface area contributed by atoms with Gasteiger partial charge in [0.25, 0.3) is 11.8 Å². The zero-order valence-electron chi connectivity index (χ0n) is 19.0. The molecule has 5 heterocycles. The van der Waals surface area contributed by atoms with Crippen molar-refractivity contribution in [3.05, 3.63) is 52.6 Å². The zero-order valence-corrected chi connectivity index (χ0v) is 20.7. The van der Waals surface area contributed by atoms with E-state index >= 15 is 0 Å². The van der Waals surface area contributed by atoms with Gasteiger partial charge in [-0.15, -0.1) is 27.6 Å². The van der Waals surface area contributed by atoms with Crippen molar-refractivity contribution in [1.29, 1.82) is 0 Å². The fourth-order valence-electron chi connectivity index (χ4n) is 4.21. The third-order valence-electron chi connectivity index (χ3n) is 5.68. The van der Waals surface area contributed by atoms with Gasteiger partial charge in [-0.1, -0.05) is 5.16 Å². The quantitative estimate of drug-likeness (QED) is 0.140. The van der Waals surface area contributed by atoms with Crippen molar-refractivity contribution in [2.45, 2.75) is 30.0 Å². The van der Waals surface area contributed by atoms with E-state index in [4.69, 9.17) is 10.6 Å². The summed E-state index contributed by atoms with van der Waals surface area (Å²) in [5, 5.41) is 20.1. The number of aromatic nitrogens is 4. The third-order valence-corrected chi connectivity index (χ3v) is 7.77. The molecule has 3 atom stereocenters. The number of oxime groups is 1. The number of carboxylic acid groups (broad SMARTS) is 1. The number of nitrogens with zero attached hydrogens (tertiary/aromatic N) is 5. The second-order valence-electron chi connectivity index (χ2n) is 8.10. The molecule has 1 fully saturated rings. The van der Waals surface area contributed by atoms with Gasteiger partial charge in [0.15, 0.2) is 10.8 Å². The molecular weight excluding hydrogens is 508 g/mol. The lowest BCUT2D eigenvalue weighted by molar-refractivity contribution is -0.578. The summed E-state index contributed by atoms with van der Waals surface area (Å²) in [6.45, 7) is 1.95. The van der Waals surface area contributed by atoms with Crippen LogP contribution in [0.5, 0.6) is 0 Å². The van der Waals surface area contributed by atoms with Crippen LogP contribution in [0.3, 0.4) is 0 Å². The minimum Gasteiger partial charge on any atom is -0.477 e. The molecule has 186 valence electrons. The number of thioether (sulfide) groups is 1. The maximum absolute atomic E-state index is 13.0. The van der Waals surface area contributed by atoms with Crippen LogP contribution < -0.4 is 15.6 Å². The summed E-state index contributed by atoms with van der Waals surface area (Å²) < 4.78 is 1.80. The molecule has 5 rings (SSSR count). The summed E-state index contributed by atoms with van der Waals surface area (Å²) in [7, 11) is 1.28. The van der Waals surface area contributed by atoms with Crippen molar-refractivity contribution in [3.63, 3.8) is 0 Å². The number of fused-ring (bicyclic) bond motifs is 2. The lowest BCUT2D eigenvalue weighted by Crippen LogP contribution is -2.71. The average Bonchev–Trinajstić information content (AvgIpc) is 3.49. The number of carboxylic acids is 1. The highest BCUT2D eigenvalue weighted by molar-refractivity contribution is 8.00. The van der Waals surface area contributed by atoms with Gasteiger partial charge in [-0.3, -0.25) is 14.5 Å². The van der Waals surface area contributed by atoms with E-state index in [9.17, 15) is 19.5 Å². The van der Waals surface area contributed by atoms with Crippen LogP contribution in [0.15, 0.2) is 40.9 Å². The fraction of sp³-hybridized carbons (Fsp3) is 0.286. The number of aryl methyl sites for hydroxylation is 1. The van der Waals surface area contributed by atoms with Crippen LogP contribution in [0.1, 0.15) is 16.8 Å². The van der Waals surface area contributed by atoms with Gasteiger partial charge in [-0.05, 0) is 36.0 Å². The van der Waals surface area contributed by atoms with Gasteiger partial charge in [0.2, 0.25) is 6.33 Å². The molecule has 1 saturated heterocycles. The number of carbonyl (C=O) groups excluding carboxylic acids is 2. The molecule has 2 amide bonds. The summed E-state index contributed by atoms with van der Waals surface area (Å²) in [5.41, 5.74) is 8.28. The maximum atomic E-state index is 13.0. The second kappa shape index (κ2) is 9.23. The van der Waals surface area contributed by atoms with Crippen LogP contribution >= 0.6 is 23.1 Å². The number of aliphatic carboxylic acids is 1. The molecule has 36 heavy (non-hydrogen) atoms. The van der Waals surface area contributed by atoms with E-state index in [0.29, 0.717) is 6.42 Å². The number of nitrogens with two attached hydrogens (primary N) is 1. The summed E-state index contributed by atoms with van der Waals surface area (Å²) in [5.74, 6) is -2.42. The molecule has 0 radical (unpaired) electrons. The minimum absolute atomic E-state index is 0.115. The summed E-state index contributed by atoms with van der Waals surface area (Å²) in [6, 6.07) is 1.04. The van der Waals surface area contributed by atoms with E-state index in [-0.39, 0.29) is 27.5 Å². The van der Waals surface area contributed by atoms with Crippen LogP contribution in [0, 0.1) is 6.92 Å². The number of carbonyl (C=O) groups is 3. The highest BCUT2D eigenvalue weighted by Crippen LogP contribution is 2.42. The van der Waals surface area contributed by atoms with E-state index in [0.717, 1.165) is 28.1 Å². The van der Waals surface area contributed by atoms with Gasteiger partial charge in [-0.2, -0.15) is 5.10 Å². The molecule has 0 saturated carbocycles. The van der Waals surface area contributed by atoms with Gasteiger partial charge in [-0.25, -0.2) is 9.78 Å². The highest BCUT2D eigenvalue weighted by Gasteiger charge is 2.54. The number of nitrogens with one attached hydrogen (secondary N) is 2. The largest absolute Gasteiger partial charge is 0.477 e. The number of rotatable bonds is 7. The van der Waals surface area contributed by atoms with E-state index < -0.39 is 29.2 Å². The molecule has 5 N–H and O–H groups in total. The Kier molecular flexibility index (Phi) is 6.09. The Hall–Kier alpha value is -3.98. The molecule has 1 unspecified atom stereocenters. The molecule has 2 aliphatic rings. The first-order valence-corrected chi connectivity index (χ1v) is 12.5. The average molecular weight is 530 g/mol. The molecule has 13 nitrogen and oxygen atoms in total. The van der Waals surface area contributed by atoms with Gasteiger partial charge in [0, 0.05) is 10.6 Å². The van der Waals surface area contributed by atoms with Crippen molar-refractivity contribution < 1.29 is 28.8 Å². The van der Waals surface area contributed by atoms with E-state index in [1.165, 1.54) is 23.8 Å². The Balaban J connectivity index is 1.39. The molecule has 0 aliphatic carbocycles. The van der Waals surface area contributed by atoms with Gasteiger partial charge >= 0.3 is 11.6 Å². The van der Waals surface area contributed by atoms with Crippen molar-refractivity contribution in [3.8, 4) is 0 Å². The SMILES string of the molecule is CON=C(C(=O)N[C@@H]1C(=O)N2C(C(=O)O)=CC(Cc3cc(C)c[n+]4[nH]cnc34)S[C@@H]12)c1csc(N)n1. The Labute approximate surface area is 212 Å². The van der Waals surface area contributed by atoms with Crippen molar-refractivity contribution in [2.24, 2.45) is 5.16 Å². The normalized spacial score (nSPS) is 21.6. The van der Waals surface area contributed by atoms with Crippen molar-refractivity contribution in [1.82, 2.24) is 25.3 Å². The van der Waals surface area contributed by atoms with Crippen LogP contribution in [0.2, 0.25) is 0 Å². The number of amides is 2. The van der Waals surface area contributed by atoms with E-state index in [2.05, 4.69) is 25.5 Å². The van der Waals surface area contributed by atoms with Gasteiger partial charge < -0.3 is 21.0 Å². The van der Waals surface area contributed by atoms with Gasteiger partial charge in [0.05, 0.1) is 5.56 Å². The number of pyridine rings is 1. The summed E-state index contributed by atoms with van der Waals surface area (Å²) in [6.07, 6.45) is 5.54. The monoisotopic (exact) mass is 529 g/mol. The maximum Gasteiger partial charge on any atom is 0.352 e. The molecule has 0 spiro atoms. The number of anilines is 1. The first kappa shape index (κ1) is 23.7. The van der Waals surface area contributed by atoms with Crippen LogP contribution in [0.25, 0.3) is 5.65 Å². The molecule has 0 aromatic carbocycles. The molecule has 3 aromatic heterocycles. The molecule has 15 heteroatoms. The first-order chi connectivity index (χ1) is 17.3. The number of hydrogen-bond donors (Lipinski definition) is 4. The molecule has 3 aromatic rings. The standard InChI is InChI=1S/C21H20N8O5S2/c1-9-3-10(16-23-8-24-28(16)6-9)4-11-5-13(20(32)33)29-18(31)15(19(29)36-11)26-17(30)14(27-34-2)12-7-35-21(22)25-12/h3,5-8,11,15,19H,4H2,1-2H3,(H4,22,25,26,30,32,33)/p+1/t11?,15-,19+/m1/s1. The predicted molar refractivity (Wildman–Crippen MR) is 130 cm³/mol. The predicted octanol–water partition coefficient (Wildman–Crippen LogP) is -0.174. The number of H-pyrrole nitrogens is 1. The summed E-state index contributed by atoms with van der Waals surface area (Å²) in [4.78, 5) is 52.2. The van der Waals surface area contributed by atoms with Crippen molar-refractivity contribution in [2.75, 3.05) is 12.8 Å². The summed E-state index contributed by atoms with van der Waals surface area (Å²) >= 11 is 2.52. The van der Waals surface area contributed by atoms with Crippen LogP contribution in [-0.2, 0) is 25.6 Å². The van der Waals surface area contributed by atoms with Gasteiger partial charge in [0.1, 0.15) is 36.1 Å². The Morgan fingerprint density at radius 2 is 2.25 bits per heavy atom. The van der Waals surface area contributed by atoms with E-state index in [1.54, 1.807) is 22.3 Å². The zero-order chi connectivity index (χ0) is 25.6. The second-order valence-corrected chi connectivity index (χ2v) is 10.4.